The molecule has 0 radical (unpaired) electrons. The highest BCUT2D eigenvalue weighted by molar-refractivity contribution is 5.27. The van der Waals surface area contributed by atoms with Gasteiger partial charge >= 0.3 is 0 Å². The Morgan fingerprint density at radius 1 is 1.31 bits per heavy atom. The second-order valence-corrected chi connectivity index (χ2v) is 3.59. The molecule has 0 spiro atoms. The van der Waals surface area contributed by atoms with E-state index in [4.69, 9.17) is 5.73 Å². The summed E-state index contributed by atoms with van der Waals surface area (Å²) in [7, 11) is 0. The second-order valence-electron chi connectivity index (χ2n) is 3.59. The van der Waals surface area contributed by atoms with Crippen LogP contribution in [0.4, 0.5) is 4.39 Å². The fourth-order valence-electron chi connectivity index (χ4n) is 1.24. The van der Waals surface area contributed by atoms with Crippen molar-refractivity contribution >= 4 is 0 Å². The molecular formula is C11H16FN. The van der Waals surface area contributed by atoms with Gasteiger partial charge in [-0.25, -0.2) is 4.39 Å². The van der Waals surface area contributed by atoms with Gasteiger partial charge in [-0.15, -0.1) is 0 Å². The molecule has 1 aromatic carbocycles. The average molecular weight is 181 g/mol. The van der Waals surface area contributed by atoms with Crippen molar-refractivity contribution in [2.45, 2.75) is 25.8 Å². The smallest absolute Gasteiger partial charge is 0.109 e. The lowest BCUT2D eigenvalue weighted by molar-refractivity contribution is 0.437. The summed E-state index contributed by atoms with van der Waals surface area (Å²) in [5.74, 6) is 0.465. The first kappa shape index (κ1) is 10.2. The summed E-state index contributed by atoms with van der Waals surface area (Å²) in [4.78, 5) is 0. The standard InChI is InChI=1S/C11H16FN/c1-8(2)9-4-3-5-10(6-9)11(13)7-12/h3-6,8,11H,7,13H2,1-2H3/t11-/m0/s1. The Morgan fingerprint density at radius 3 is 2.46 bits per heavy atom. The maximum Gasteiger partial charge on any atom is 0.109 e. The third-order valence-corrected chi connectivity index (χ3v) is 2.17. The molecule has 0 unspecified atom stereocenters. The third kappa shape index (κ3) is 2.52. The van der Waals surface area contributed by atoms with E-state index < -0.39 is 12.7 Å². The molecule has 0 fully saturated rings. The summed E-state index contributed by atoms with van der Waals surface area (Å²) >= 11 is 0. The molecule has 1 atom stereocenters. The predicted octanol–water partition coefficient (Wildman–Crippen LogP) is 2.78. The zero-order valence-corrected chi connectivity index (χ0v) is 8.13. The number of benzene rings is 1. The zero-order chi connectivity index (χ0) is 9.84. The summed E-state index contributed by atoms with van der Waals surface area (Å²) in [6, 6.07) is 7.35. The number of hydrogen-bond donors (Lipinski definition) is 1. The van der Waals surface area contributed by atoms with Gasteiger partial charge in [0.2, 0.25) is 0 Å². The fraction of sp³-hybridized carbons (Fsp3) is 0.455. The lowest BCUT2D eigenvalue weighted by atomic mass is 9.98. The molecule has 0 saturated heterocycles. The van der Waals surface area contributed by atoms with Crippen molar-refractivity contribution in [3.8, 4) is 0 Å². The van der Waals surface area contributed by atoms with Crippen molar-refractivity contribution in [1.82, 2.24) is 0 Å². The van der Waals surface area contributed by atoms with Crippen LogP contribution in [0.3, 0.4) is 0 Å². The van der Waals surface area contributed by atoms with Gasteiger partial charge in [-0.05, 0) is 17.0 Å². The van der Waals surface area contributed by atoms with Crippen molar-refractivity contribution in [1.29, 1.82) is 0 Å². The van der Waals surface area contributed by atoms with E-state index >= 15 is 0 Å². The minimum absolute atomic E-state index is 0.465. The Hall–Kier alpha value is -0.890. The van der Waals surface area contributed by atoms with Crippen LogP contribution in [0.15, 0.2) is 24.3 Å². The van der Waals surface area contributed by atoms with E-state index in [1.165, 1.54) is 5.56 Å². The molecule has 0 heterocycles. The predicted molar refractivity (Wildman–Crippen MR) is 53.4 cm³/mol. The molecule has 2 N–H and O–H groups in total. The Balaban J connectivity index is 2.91. The summed E-state index contributed by atoms with van der Waals surface area (Å²) < 4.78 is 12.3. The van der Waals surface area contributed by atoms with Crippen LogP contribution in [0, 0.1) is 0 Å². The minimum atomic E-state index is -0.498. The number of hydrogen-bond acceptors (Lipinski definition) is 1. The molecular weight excluding hydrogens is 165 g/mol. The van der Waals surface area contributed by atoms with E-state index in [0.717, 1.165) is 5.56 Å². The molecule has 0 saturated carbocycles. The number of rotatable bonds is 3. The summed E-state index contributed by atoms with van der Waals surface area (Å²) in [6.45, 7) is 3.72. The van der Waals surface area contributed by atoms with Crippen molar-refractivity contribution < 1.29 is 4.39 Å². The normalized spacial score (nSPS) is 13.3. The maximum absolute atomic E-state index is 12.3. The molecule has 13 heavy (non-hydrogen) atoms. The van der Waals surface area contributed by atoms with Crippen LogP contribution >= 0.6 is 0 Å². The topological polar surface area (TPSA) is 26.0 Å². The van der Waals surface area contributed by atoms with Crippen LogP contribution in [0.2, 0.25) is 0 Å². The molecule has 72 valence electrons. The zero-order valence-electron chi connectivity index (χ0n) is 8.13. The maximum atomic E-state index is 12.3. The van der Waals surface area contributed by atoms with Gasteiger partial charge in [0.15, 0.2) is 0 Å². The lowest BCUT2D eigenvalue weighted by Gasteiger charge is -2.11. The van der Waals surface area contributed by atoms with Crippen LogP contribution in [0.1, 0.15) is 36.9 Å². The van der Waals surface area contributed by atoms with Gasteiger partial charge in [0, 0.05) is 0 Å². The third-order valence-electron chi connectivity index (χ3n) is 2.17. The van der Waals surface area contributed by atoms with Gasteiger partial charge in [0.25, 0.3) is 0 Å². The fourth-order valence-corrected chi connectivity index (χ4v) is 1.24. The van der Waals surface area contributed by atoms with Gasteiger partial charge in [-0.1, -0.05) is 38.1 Å². The summed E-state index contributed by atoms with van der Waals surface area (Å²) in [6.07, 6.45) is 0. The van der Waals surface area contributed by atoms with Crippen molar-refractivity contribution in [2.24, 2.45) is 5.73 Å². The second kappa shape index (κ2) is 4.38. The van der Waals surface area contributed by atoms with E-state index in [0.29, 0.717) is 5.92 Å². The Kier molecular flexibility index (Phi) is 3.43. The molecule has 1 rings (SSSR count). The molecule has 1 nitrogen and oxygen atoms in total. The van der Waals surface area contributed by atoms with Gasteiger partial charge in [0.1, 0.15) is 6.67 Å². The first-order valence-corrected chi connectivity index (χ1v) is 4.56. The van der Waals surface area contributed by atoms with E-state index in [9.17, 15) is 4.39 Å². The Bertz CT molecular complexity index is 271. The lowest BCUT2D eigenvalue weighted by Crippen LogP contribution is -2.12. The van der Waals surface area contributed by atoms with Gasteiger partial charge in [0.05, 0.1) is 6.04 Å². The first-order valence-electron chi connectivity index (χ1n) is 4.56. The van der Waals surface area contributed by atoms with Crippen LogP contribution in [-0.2, 0) is 0 Å². The molecule has 0 amide bonds. The van der Waals surface area contributed by atoms with Crippen molar-refractivity contribution in [3.05, 3.63) is 35.4 Å². The molecule has 2 heteroatoms. The minimum Gasteiger partial charge on any atom is -0.322 e. The summed E-state index contributed by atoms with van der Waals surface area (Å²) in [5, 5.41) is 0. The SMILES string of the molecule is CC(C)c1cccc([C@@H](N)CF)c1. The highest BCUT2D eigenvalue weighted by Crippen LogP contribution is 2.18. The number of nitrogens with two attached hydrogens (primary N) is 1. The highest BCUT2D eigenvalue weighted by atomic mass is 19.1. The van der Waals surface area contributed by atoms with Crippen molar-refractivity contribution in [2.75, 3.05) is 6.67 Å². The Morgan fingerprint density at radius 2 is 1.92 bits per heavy atom. The van der Waals surface area contributed by atoms with E-state index in [-0.39, 0.29) is 0 Å². The molecule has 0 aromatic heterocycles. The molecule has 1 aromatic rings. The highest BCUT2D eigenvalue weighted by Gasteiger charge is 2.06. The van der Waals surface area contributed by atoms with Crippen LogP contribution < -0.4 is 5.73 Å². The molecule has 0 aliphatic heterocycles. The van der Waals surface area contributed by atoms with Gasteiger partial charge < -0.3 is 5.73 Å². The number of halogens is 1. The van der Waals surface area contributed by atoms with Crippen LogP contribution in [-0.4, -0.2) is 6.67 Å². The Labute approximate surface area is 78.8 Å². The quantitative estimate of drug-likeness (QED) is 0.762. The van der Waals surface area contributed by atoms with Crippen LogP contribution in [0.25, 0.3) is 0 Å². The first-order chi connectivity index (χ1) is 6.15. The van der Waals surface area contributed by atoms with Crippen LogP contribution in [0.5, 0.6) is 0 Å². The van der Waals surface area contributed by atoms with E-state index in [1.807, 2.05) is 24.3 Å². The van der Waals surface area contributed by atoms with Crippen molar-refractivity contribution in [3.63, 3.8) is 0 Å². The van der Waals surface area contributed by atoms with Gasteiger partial charge in [-0.3, -0.25) is 0 Å². The van der Waals surface area contributed by atoms with E-state index in [2.05, 4.69) is 13.8 Å². The number of alkyl halides is 1. The molecule has 0 bridgehead atoms. The largest absolute Gasteiger partial charge is 0.322 e. The van der Waals surface area contributed by atoms with E-state index in [1.54, 1.807) is 0 Å². The van der Waals surface area contributed by atoms with Gasteiger partial charge in [-0.2, -0.15) is 0 Å². The molecule has 0 aliphatic rings. The average Bonchev–Trinajstić information content (AvgIpc) is 2.17. The summed E-state index contributed by atoms with van der Waals surface area (Å²) in [5.41, 5.74) is 7.68. The monoisotopic (exact) mass is 181 g/mol. The molecule has 0 aliphatic carbocycles.